The Labute approximate surface area is 93.8 Å². The van der Waals surface area contributed by atoms with Gasteiger partial charge in [0, 0.05) is 12.6 Å². The van der Waals surface area contributed by atoms with E-state index in [-0.39, 0.29) is 0 Å². The molecule has 0 fully saturated rings. The fourth-order valence-corrected chi connectivity index (χ4v) is 1.70. The number of rotatable bonds is 8. The second-order valence-electron chi connectivity index (χ2n) is 4.08. The molecular weight excluding hydrogens is 186 g/mol. The Morgan fingerprint density at radius 3 is 2.60 bits per heavy atom. The summed E-state index contributed by atoms with van der Waals surface area (Å²) in [4.78, 5) is 6.12. The van der Waals surface area contributed by atoms with Crippen LogP contribution in [0.2, 0.25) is 0 Å². The lowest BCUT2D eigenvalue weighted by molar-refractivity contribution is 0.176. The van der Waals surface area contributed by atoms with E-state index in [1.165, 1.54) is 0 Å². The van der Waals surface area contributed by atoms with Crippen molar-refractivity contribution < 1.29 is 0 Å². The van der Waals surface area contributed by atoms with Crippen molar-refractivity contribution in [2.75, 3.05) is 19.6 Å². The van der Waals surface area contributed by atoms with Crippen molar-refractivity contribution in [3.63, 3.8) is 0 Å². The summed E-state index contributed by atoms with van der Waals surface area (Å²) < 4.78 is 0. The van der Waals surface area contributed by atoms with Gasteiger partial charge in [0.2, 0.25) is 0 Å². The number of aliphatic imine (C=N–C) groups is 1. The monoisotopic (exact) mass is 209 g/mol. The van der Waals surface area contributed by atoms with E-state index < -0.39 is 0 Å². The minimum atomic E-state index is 0.450. The molecule has 0 bridgehead atoms. The van der Waals surface area contributed by atoms with Crippen LogP contribution in [0.4, 0.5) is 0 Å². The summed E-state index contributed by atoms with van der Waals surface area (Å²) in [5.74, 6) is 0.565. The van der Waals surface area contributed by atoms with Crippen LogP contribution >= 0.6 is 0 Å². The Morgan fingerprint density at radius 1 is 1.47 bits per heavy atom. The van der Waals surface area contributed by atoms with Crippen LogP contribution in [0.3, 0.4) is 0 Å². The Hall–Kier alpha value is -0.880. The standard InChI is InChI=1S/C12H23N3/c1-5-9-15(10-7-13)12(3)11(2)6-8-14-4/h11-12H,4-6,8-10H2,1-3H3. The van der Waals surface area contributed by atoms with Gasteiger partial charge < -0.3 is 4.99 Å². The molecular formula is C12H23N3. The van der Waals surface area contributed by atoms with Gasteiger partial charge in [0.25, 0.3) is 0 Å². The van der Waals surface area contributed by atoms with E-state index in [4.69, 9.17) is 5.26 Å². The van der Waals surface area contributed by atoms with Gasteiger partial charge in [-0.3, -0.25) is 4.90 Å². The lowest BCUT2D eigenvalue weighted by atomic mass is 9.98. The van der Waals surface area contributed by atoms with Crippen LogP contribution in [0, 0.1) is 17.2 Å². The van der Waals surface area contributed by atoms with Crippen LogP contribution < -0.4 is 0 Å². The predicted molar refractivity (Wildman–Crippen MR) is 65.1 cm³/mol. The molecule has 0 aliphatic rings. The van der Waals surface area contributed by atoms with Crippen molar-refractivity contribution in [2.24, 2.45) is 10.9 Å². The number of hydrogen-bond donors (Lipinski definition) is 0. The van der Waals surface area contributed by atoms with Crippen LogP contribution in [-0.2, 0) is 0 Å². The molecule has 0 saturated heterocycles. The summed E-state index contributed by atoms with van der Waals surface area (Å²) in [6.45, 7) is 12.4. The molecule has 0 aromatic rings. The highest BCUT2D eigenvalue weighted by molar-refractivity contribution is 5.23. The third kappa shape index (κ3) is 5.54. The molecule has 86 valence electrons. The molecule has 15 heavy (non-hydrogen) atoms. The Bertz CT molecular complexity index is 207. The SMILES string of the molecule is C=NCCC(C)C(C)N(CC#N)CCC. The molecule has 2 atom stereocenters. The molecule has 0 amide bonds. The first-order valence-electron chi connectivity index (χ1n) is 5.70. The van der Waals surface area contributed by atoms with Crippen molar-refractivity contribution in [1.82, 2.24) is 4.90 Å². The van der Waals surface area contributed by atoms with Crippen LogP contribution in [0.5, 0.6) is 0 Å². The molecule has 0 radical (unpaired) electrons. The molecule has 0 rings (SSSR count). The second kappa shape index (κ2) is 8.43. The smallest absolute Gasteiger partial charge is 0.0868 e. The molecule has 0 aliphatic carbocycles. The minimum absolute atomic E-state index is 0.450. The van der Waals surface area contributed by atoms with E-state index in [1.807, 2.05) is 0 Å². The second-order valence-corrected chi connectivity index (χ2v) is 4.08. The number of hydrogen-bond acceptors (Lipinski definition) is 3. The molecule has 0 aromatic heterocycles. The van der Waals surface area contributed by atoms with Crippen LogP contribution in [0.25, 0.3) is 0 Å². The lowest BCUT2D eigenvalue weighted by Crippen LogP contribution is -2.38. The van der Waals surface area contributed by atoms with Gasteiger partial charge in [0.05, 0.1) is 12.6 Å². The van der Waals surface area contributed by atoms with E-state index in [1.54, 1.807) is 0 Å². The zero-order valence-electron chi connectivity index (χ0n) is 10.2. The minimum Gasteiger partial charge on any atom is -0.301 e. The maximum atomic E-state index is 8.75. The zero-order valence-corrected chi connectivity index (χ0v) is 10.2. The fourth-order valence-electron chi connectivity index (χ4n) is 1.70. The van der Waals surface area contributed by atoms with Crippen molar-refractivity contribution in [1.29, 1.82) is 5.26 Å². The van der Waals surface area contributed by atoms with Gasteiger partial charge in [-0.25, -0.2) is 0 Å². The van der Waals surface area contributed by atoms with Crippen LogP contribution in [-0.4, -0.2) is 37.3 Å². The van der Waals surface area contributed by atoms with E-state index in [0.29, 0.717) is 18.5 Å². The number of nitrogens with zero attached hydrogens (tertiary/aromatic N) is 3. The lowest BCUT2D eigenvalue weighted by Gasteiger charge is -2.30. The van der Waals surface area contributed by atoms with Crippen molar-refractivity contribution in [3.8, 4) is 6.07 Å². The van der Waals surface area contributed by atoms with Crippen molar-refractivity contribution in [2.45, 2.75) is 39.7 Å². The van der Waals surface area contributed by atoms with Gasteiger partial charge in [-0.2, -0.15) is 5.26 Å². The van der Waals surface area contributed by atoms with E-state index >= 15 is 0 Å². The van der Waals surface area contributed by atoms with Crippen LogP contribution in [0.1, 0.15) is 33.6 Å². The van der Waals surface area contributed by atoms with Crippen molar-refractivity contribution >= 4 is 6.72 Å². The van der Waals surface area contributed by atoms with Crippen LogP contribution in [0.15, 0.2) is 4.99 Å². The molecule has 0 spiro atoms. The van der Waals surface area contributed by atoms with E-state index in [0.717, 1.165) is 25.9 Å². The van der Waals surface area contributed by atoms with E-state index in [2.05, 4.69) is 43.5 Å². The predicted octanol–water partition coefficient (Wildman–Crippen LogP) is 2.34. The molecule has 0 saturated carbocycles. The Kier molecular flexibility index (Phi) is 7.94. The highest BCUT2D eigenvalue weighted by Gasteiger charge is 2.18. The van der Waals surface area contributed by atoms with Gasteiger partial charge in [-0.05, 0) is 38.9 Å². The molecule has 0 aliphatic heterocycles. The summed E-state index contributed by atoms with van der Waals surface area (Å²) in [7, 11) is 0. The molecule has 3 nitrogen and oxygen atoms in total. The molecule has 3 heteroatoms. The average Bonchev–Trinajstić information content (AvgIpc) is 2.24. The van der Waals surface area contributed by atoms with Gasteiger partial charge in [0.1, 0.15) is 0 Å². The molecule has 0 aromatic carbocycles. The highest BCUT2D eigenvalue weighted by atomic mass is 15.1. The first-order valence-corrected chi connectivity index (χ1v) is 5.70. The number of nitriles is 1. The van der Waals surface area contributed by atoms with Gasteiger partial charge in [-0.1, -0.05) is 13.8 Å². The fraction of sp³-hybridized carbons (Fsp3) is 0.833. The normalized spacial score (nSPS) is 14.6. The first-order chi connectivity index (χ1) is 7.17. The Morgan fingerprint density at radius 2 is 2.13 bits per heavy atom. The van der Waals surface area contributed by atoms with Gasteiger partial charge >= 0.3 is 0 Å². The zero-order chi connectivity index (χ0) is 11.7. The maximum absolute atomic E-state index is 8.75. The van der Waals surface area contributed by atoms with E-state index in [9.17, 15) is 0 Å². The summed E-state index contributed by atoms with van der Waals surface area (Å²) in [5.41, 5.74) is 0. The molecule has 0 N–H and O–H groups in total. The molecule has 0 heterocycles. The summed E-state index contributed by atoms with van der Waals surface area (Å²) in [6.07, 6.45) is 2.15. The summed E-state index contributed by atoms with van der Waals surface area (Å²) in [6, 6.07) is 2.68. The summed E-state index contributed by atoms with van der Waals surface area (Å²) in [5, 5.41) is 8.75. The average molecular weight is 209 g/mol. The summed E-state index contributed by atoms with van der Waals surface area (Å²) >= 11 is 0. The van der Waals surface area contributed by atoms with Gasteiger partial charge in [0.15, 0.2) is 0 Å². The highest BCUT2D eigenvalue weighted by Crippen LogP contribution is 2.14. The topological polar surface area (TPSA) is 39.4 Å². The first kappa shape index (κ1) is 14.1. The van der Waals surface area contributed by atoms with Crippen molar-refractivity contribution in [3.05, 3.63) is 0 Å². The largest absolute Gasteiger partial charge is 0.301 e. The van der Waals surface area contributed by atoms with Gasteiger partial charge in [-0.15, -0.1) is 0 Å². The Balaban J connectivity index is 4.14. The quantitative estimate of drug-likeness (QED) is 0.454. The third-order valence-electron chi connectivity index (χ3n) is 2.93. The maximum Gasteiger partial charge on any atom is 0.0868 e. The molecule has 2 unspecified atom stereocenters. The third-order valence-corrected chi connectivity index (χ3v) is 2.93.